The van der Waals surface area contributed by atoms with E-state index >= 15 is 0 Å². The number of aryl methyl sites for hydroxylation is 1. The van der Waals surface area contributed by atoms with Gasteiger partial charge in [0, 0.05) is 17.7 Å². The molecule has 0 aliphatic heterocycles. The number of aliphatic carboxylic acids is 1. The van der Waals surface area contributed by atoms with Crippen molar-refractivity contribution < 1.29 is 32.0 Å². The van der Waals surface area contributed by atoms with Crippen LogP contribution in [0.5, 0.6) is 0 Å². The second-order valence-electron chi connectivity index (χ2n) is 8.45. The summed E-state index contributed by atoms with van der Waals surface area (Å²) in [7, 11) is 0. The number of carboxylic acid groups (broad SMARTS) is 1. The Hall–Kier alpha value is -4.05. The van der Waals surface area contributed by atoms with E-state index in [4.69, 9.17) is 9.63 Å². The Kier molecular flexibility index (Phi) is 7.68. The standard InChI is InChI=1S/C27H23F4N3O3/c1-16-4-2-3-5-20(16)21-9-8-19(14-22(21)27(29,30)31)26-33-25(34-37-26)18-7-6-17(23(28)15-18)10-12-32-13-11-24(35)36/h2-9,14-15,32H,10-13H2,1H3,(H,35,36). The minimum atomic E-state index is -4.61. The number of aromatic nitrogens is 2. The fraction of sp³-hybridized carbons (Fsp3) is 0.222. The Morgan fingerprint density at radius 1 is 1.00 bits per heavy atom. The highest BCUT2D eigenvalue weighted by atomic mass is 19.4. The molecule has 0 radical (unpaired) electrons. The van der Waals surface area contributed by atoms with E-state index < -0.39 is 23.5 Å². The van der Waals surface area contributed by atoms with Gasteiger partial charge < -0.3 is 14.9 Å². The van der Waals surface area contributed by atoms with Gasteiger partial charge in [-0.2, -0.15) is 18.2 Å². The van der Waals surface area contributed by atoms with Crippen LogP contribution in [-0.2, 0) is 17.4 Å². The van der Waals surface area contributed by atoms with E-state index in [1.807, 2.05) is 0 Å². The Labute approximate surface area is 210 Å². The van der Waals surface area contributed by atoms with Crippen molar-refractivity contribution in [2.75, 3.05) is 13.1 Å². The van der Waals surface area contributed by atoms with Gasteiger partial charge in [-0.1, -0.05) is 47.6 Å². The lowest BCUT2D eigenvalue weighted by Gasteiger charge is -2.15. The Bertz CT molecular complexity index is 1420. The van der Waals surface area contributed by atoms with Crippen LogP contribution in [0.1, 0.15) is 23.1 Å². The van der Waals surface area contributed by atoms with Crippen LogP contribution >= 0.6 is 0 Å². The third-order valence-electron chi connectivity index (χ3n) is 5.83. The van der Waals surface area contributed by atoms with Crippen LogP contribution in [0.25, 0.3) is 34.0 Å². The van der Waals surface area contributed by atoms with E-state index in [1.165, 1.54) is 18.2 Å². The first-order valence-electron chi connectivity index (χ1n) is 11.5. The predicted octanol–water partition coefficient (Wildman–Crippen LogP) is 6.14. The SMILES string of the molecule is Cc1ccccc1-c1ccc(-c2nc(-c3ccc(CCNCCC(=O)O)c(F)c3)no2)cc1C(F)(F)F. The molecule has 0 amide bonds. The number of carbonyl (C=O) groups is 1. The average Bonchev–Trinajstić information content (AvgIpc) is 3.34. The lowest BCUT2D eigenvalue weighted by Crippen LogP contribution is -2.21. The normalized spacial score (nSPS) is 11.6. The molecule has 1 heterocycles. The largest absolute Gasteiger partial charge is 0.481 e. The van der Waals surface area contributed by atoms with Crippen molar-refractivity contribution in [3.8, 4) is 34.0 Å². The fourth-order valence-corrected chi connectivity index (χ4v) is 3.91. The van der Waals surface area contributed by atoms with Crippen molar-refractivity contribution in [1.29, 1.82) is 0 Å². The van der Waals surface area contributed by atoms with Crippen molar-refractivity contribution in [1.82, 2.24) is 15.5 Å². The van der Waals surface area contributed by atoms with Gasteiger partial charge in [-0.15, -0.1) is 0 Å². The van der Waals surface area contributed by atoms with E-state index in [0.29, 0.717) is 35.2 Å². The number of rotatable bonds is 9. The van der Waals surface area contributed by atoms with Gasteiger partial charge in [-0.3, -0.25) is 4.79 Å². The molecule has 37 heavy (non-hydrogen) atoms. The number of nitrogens with zero attached hydrogens (tertiary/aromatic N) is 2. The summed E-state index contributed by atoms with van der Waals surface area (Å²) in [6, 6.07) is 15.0. The summed E-state index contributed by atoms with van der Waals surface area (Å²) >= 11 is 0. The molecule has 6 nitrogen and oxygen atoms in total. The van der Waals surface area contributed by atoms with Crippen LogP contribution in [0.2, 0.25) is 0 Å². The number of benzene rings is 3. The second-order valence-corrected chi connectivity index (χ2v) is 8.45. The maximum atomic E-state index is 14.6. The summed E-state index contributed by atoms with van der Waals surface area (Å²) in [6.07, 6.45) is -4.30. The minimum Gasteiger partial charge on any atom is -0.481 e. The number of hydrogen-bond acceptors (Lipinski definition) is 5. The smallest absolute Gasteiger partial charge is 0.417 e. The molecule has 0 saturated carbocycles. The number of nitrogens with one attached hydrogen (secondary N) is 1. The second kappa shape index (κ2) is 10.9. The van der Waals surface area contributed by atoms with E-state index in [0.717, 1.165) is 6.07 Å². The van der Waals surface area contributed by atoms with Gasteiger partial charge in [0.15, 0.2) is 0 Å². The summed E-state index contributed by atoms with van der Waals surface area (Å²) in [5, 5.41) is 15.4. The van der Waals surface area contributed by atoms with Crippen molar-refractivity contribution in [3.63, 3.8) is 0 Å². The molecule has 2 N–H and O–H groups in total. The van der Waals surface area contributed by atoms with E-state index in [9.17, 15) is 22.4 Å². The zero-order valence-electron chi connectivity index (χ0n) is 19.8. The molecule has 0 unspecified atom stereocenters. The minimum absolute atomic E-state index is 0.0271. The van der Waals surface area contributed by atoms with Crippen LogP contribution in [0, 0.1) is 12.7 Å². The third kappa shape index (κ3) is 6.21. The lowest BCUT2D eigenvalue weighted by atomic mass is 9.94. The summed E-state index contributed by atoms with van der Waals surface area (Å²) < 4.78 is 61.6. The molecule has 192 valence electrons. The molecular formula is C27H23F4N3O3. The van der Waals surface area contributed by atoms with Gasteiger partial charge in [-0.25, -0.2) is 4.39 Å². The Morgan fingerprint density at radius 3 is 2.46 bits per heavy atom. The van der Waals surface area contributed by atoms with Gasteiger partial charge in [-0.05, 0) is 60.3 Å². The number of hydrogen-bond donors (Lipinski definition) is 2. The molecule has 0 aliphatic carbocycles. The monoisotopic (exact) mass is 513 g/mol. The van der Waals surface area contributed by atoms with Gasteiger partial charge in [0.05, 0.1) is 12.0 Å². The zero-order chi connectivity index (χ0) is 26.6. The molecule has 4 aromatic rings. The van der Waals surface area contributed by atoms with Crippen LogP contribution in [0.3, 0.4) is 0 Å². The van der Waals surface area contributed by atoms with Gasteiger partial charge in [0.2, 0.25) is 5.82 Å². The highest BCUT2D eigenvalue weighted by Gasteiger charge is 2.34. The maximum absolute atomic E-state index is 14.6. The first kappa shape index (κ1) is 26.0. The Balaban J connectivity index is 1.55. The van der Waals surface area contributed by atoms with Gasteiger partial charge >= 0.3 is 12.1 Å². The summed E-state index contributed by atoms with van der Waals surface area (Å²) in [5.74, 6) is -1.51. The quantitative estimate of drug-likeness (QED) is 0.206. The van der Waals surface area contributed by atoms with Gasteiger partial charge in [0.1, 0.15) is 5.82 Å². The predicted molar refractivity (Wildman–Crippen MR) is 129 cm³/mol. The summed E-state index contributed by atoms with van der Waals surface area (Å²) in [4.78, 5) is 14.7. The molecular weight excluding hydrogens is 490 g/mol. The van der Waals surface area contributed by atoms with Crippen LogP contribution in [-0.4, -0.2) is 34.3 Å². The van der Waals surface area contributed by atoms with Crippen molar-refractivity contribution in [2.24, 2.45) is 0 Å². The van der Waals surface area contributed by atoms with Crippen LogP contribution in [0.15, 0.2) is 65.2 Å². The molecule has 0 aliphatic rings. The molecule has 0 atom stereocenters. The molecule has 1 aromatic heterocycles. The molecule has 0 fully saturated rings. The van der Waals surface area contributed by atoms with Crippen molar-refractivity contribution in [2.45, 2.75) is 25.9 Å². The molecule has 0 bridgehead atoms. The third-order valence-corrected chi connectivity index (χ3v) is 5.83. The van der Waals surface area contributed by atoms with Crippen LogP contribution < -0.4 is 5.32 Å². The molecule has 0 saturated heterocycles. The molecule has 0 spiro atoms. The van der Waals surface area contributed by atoms with Gasteiger partial charge in [0.25, 0.3) is 5.89 Å². The van der Waals surface area contributed by atoms with E-state index in [-0.39, 0.29) is 35.8 Å². The summed E-state index contributed by atoms with van der Waals surface area (Å²) in [5.41, 5.74) is 1.21. The van der Waals surface area contributed by atoms with Crippen molar-refractivity contribution >= 4 is 5.97 Å². The number of carboxylic acids is 1. The first-order chi connectivity index (χ1) is 17.6. The first-order valence-corrected chi connectivity index (χ1v) is 11.5. The van der Waals surface area contributed by atoms with E-state index in [1.54, 1.807) is 43.3 Å². The van der Waals surface area contributed by atoms with Crippen LogP contribution in [0.4, 0.5) is 17.6 Å². The highest BCUT2D eigenvalue weighted by molar-refractivity contribution is 5.74. The maximum Gasteiger partial charge on any atom is 0.417 e. The molecule has 10 heteroatoms. The number of alkyl halides is 3. The van der Waals surface area contributed by atoms with E-state index in [2.05, 4.69) is 15.5 Å². The average molecular weight is 513 g/mol. The number of halogens is 4. The van der Waals surface area contributed by atoms with Crippen molar-refractivity contribution in [3.05, 3.63) is 83.2 Å². The highest BCUT2D eigenvalue weighted by Crippen LogP contribution is 2.40. The lowest BCUT2D eigenvalue weighted by molar-refractivity contribution is -0.137. The molecule has 3 aromatic carbocycles. The fourth-order valence-electron chi connectivity index (χ4n) is 3.91. The summed E-state index contributed by atoms with van der Waals surface area (Å²) in [6.45, 7) is 2.42. The Morgan fingerprint density at radius 2 is 1.76 bits per heavy atom. The zero-order valence-corrected chi connectivity index (χ0v) is 19.8. The topological polar surface area (TPSA) is 88.2 Å². The molecule has 4 rings (SSSR count).